The van der Waals surface area contributed by atoms with E-state index in [1.54, 1.807) is 17.9 Å². The normalized spacial score (nSPS) is 15.7. The van der Waals surface area contributed by atoms with Gasteiger partial charge < -0.3 is 9.64 Å². The van der Waals surface area contributed by atoms with Crippen LogP contribution in [0.25, 0.3) is 6.08 Å². The maximum absolute atomic E-state index is 13.0. The van der Waals surface area contributed by atoms with Crippen LogP contribution in [0.15, 0.2) is 71.4 Å². The summed E-state index contributed by atoms with van der Waals surface area (Å²) in [4.78, 5) is 27.0. The number of ether oxygens (including phenoxy) is 1. The lowest BCUT2D eigenvalue weighted by molar-refractivity contribution is -0.136. The molecule has 1 amide bonds. The Labute approximate surface area is 153 Å². The van der Waals surface area contributed by atoms with Crippen LogP contribution in [-0.4, -0.2) is 23.9 Å². The van der Waals surface area contributed by atoms with Gasteiger partial charge in [0, 0.05) is 5.70 Å². The number of amides is 1. The van der Waals surface area contributed by atoms with E-state index < -0.39 is 5.97 Å². The van der Waals surface area contributed by atoms with Gasteiger partial charge in [0.1, 0.15) is 0 Å². The van der Waals surface area contributed by atoms with Gasteiger partial charge in [-0.1, -0.05) is 60.2 Å². The number of hydrogen-bond donors (Lipinski definition) is 0. The van der Waals surface area contributed by atoms with E-state index in [4.69, 9.17) is 4.74 Å². The topological polar surface area (TPSA) is 46.6 Å². The monoisotopic (exact) mass is 347 g/mol. The van der Waals surface area contributed by atoms with Crippen molar-refractivity contribution in [3.05, 3.63) is 88.1 Å². The second-order valence-corrected chi connectivity index (χ2v) is 6.30. The van der Waals surface area contributed by atoms with Crippen LogP contribution in [0.4, 0.5) is 0 Å². The Morgan fingerprint density at radius 1 is 1.08 bits per heavy atom. The number of aryl methyl sites for hydroxylation is 1. The molecule has 0 atom stereocenters. The van der Waals surface area contributed by atoms with Gasteiger partial charge in [0.15, 0.2) is 0 Å². The molecule has 0 bridgehead atoms. The number of carbonyl (C=O) groups excluding carboxylic acids is 2. The average molecular weight is 347 g/mol. The third kappa shape index (κ3) is 3.45. The Balaban J connectivity index is 2.03. The highest BCUT2D eigenvalue weighted by Gasteiger charge is 2.36. The van der Waals surface area contributed by atoms with Crippen LogP contribution in [0, 0.1) is 6.92 Å². The zero-order valence-electron chi connectivity index (χ0n) is 15.2. The summed E-state index contributed by atoms with van der Waals surface area (Å²) in [6.45, 7) is 4.18. The molecule has 2 aromatic rings. The zero-order valence-corrected chi connectivity index (χ0v) is 15.2. The number of benzene rings is 2. The summed E-state index contributed by atoms with van der Waals surface area (Å²) in [5.41, 5.74) is 4.28. The van der Waals surface area contributed by atoms with Crippen LogP contribution in [-0.2, 0) is 20.9 Å². The van der Waals surface area contributed by atoms with Gasteiger partial charge in [-0.25, -0.2) is 4.79 Å². The van der Waals surface area contributed by atoms with E-state index in [0.29, 0.717) is 23.4 Å². The van der Waals surface area contributed by atoms with Gasteiger partial charge in [-0.05, 0) is 31.1 Å². The second kappa shape index (κ2) is 7.40. The fourth-order valence-corrected chi connectivity index (χ4v) is 3.11. The molecule has 26 heavy (non-hydrogen) atoms. The van der Waals surface area contributed by atoms with Crippen molar-refractivity contribution < 1.29 is 14.3 Å². The van der Waals surface area contributed by atoms with Crippen LogP contribution < -0.4 is 0 Å². The third-order valence-electron chi connectivity index (χ3n) is 4.44. The fraction of sp³-hybridized carbons (Fsp3) is 0.182. The van der Waals surface area contributed by atoms with Gasteiger partial charge in [0.25, 0.3) is 5.91 Å². The first-order valence-electron chi connectivity index (χ1n) is 8.45. The summed E-state index contributed by atoms with van der Waals surface area (Å²) < 4.78 is 4.93. The molecule has 2 aromatic carbocycles. The van der Waals surface area contributed by atoms with Gasteiger partial charge in [-0.3, -0.25) is 4.79 Å². The number of carbonyl (C=O) groups is 2. The molecule has 0 spiro atoms. The molecule has 0 radical (unpaired) electrons. The SMILES string of the molecule is COC(=O)C1=C(C)N(Cc2ccccc2)C(=O)/C1=C\c1cccc(C)c1. The molecule has 4 nitrogen and oxygen atoms in total. The highest BCUT2D eigenvalue weighted by atomic mass is 16.5. The summed E-state index contributed by atoms with van der Waals surface area (Å²) >= 11 is 0. The maximum Gasteiger partial charge on any atom is 0.340 e. The van der Waals surface area contributed by atoms with Gasteiger partial charge in [-0.15, -0.1) is 0 Å². The van der Waals surface area contributed by atoms with E-state index in [-0.39, 0.29) is 5.91 Å². The van der Waals surface area contributed by atoms with Crippen molar-refractivity contribution >= 4 is 18.0 Å². The lowest BCUT2D eigenvalue weighted by atomic mass is 10.0. The zero-order chi connectivity index (χ0) is 18.7. The summed E-state index contributed by atoms with van der Waals surface area (Å²) in [5.74, 6) is -0.682. The number of nitrogens with zero attached hydrogens (tertiary/aromatic N) is 1. The Hall–Kier alpha value is -3.14. The molecular weight excluding hydrogens is 326 g/mol. The Morgan fingerprint density at radius 3 is 2.46 bits per heavy atom. The predicted octanol–water partition coefficient (Wildman–Crippen LogP) is 3.87. The highest BCUT2D eigenvalue weighted by molar-refractivity contribution is 6.16. The molecule has 0 aliphatic carbocycles. The maximum atomic E-state index is 13.0. The van der Waals surface area contributed by atoms with Crippen molar-refractivity contribution in [2.75, 3.05) is 7.11 Å². The molecule has 0 saturated carbocycles. The third-order valence-corrected chi connectivity index (χ3v) is 4.44. The average Bonchev–Trinajstić information content (AvgIpc) is 2.86. The van der Waals surface area contributed by atoms with E-state index in [1.165, 1.54) is 7.11 Å². The van der Waals surface area contributed by atoms with Crippen LogP contribution >= 0.6 is 0 Å². The molecule has 0 saturated heterocycles. The molecular formula is C22H21NO3. The van der Waals surface area contributed by atoms with Crippen LogP contribution in [0.5, 0.6) is 0 Å². The summed E-state index contributed by atoms with van der Waals surface area (Å²) in [6.07, 6.45) is 1.76. The van der Waals surface area contributed by atoms with Crippen molar-refractivity contribution in [1.82, 2.24) is 4.90 Å². The quantitative estimate of drug-likeness (QED) is 0.623. The van der Waals surface area contributed by atoms with Gasteiger partial charge in [0.2, 0.25) is 0 Å². The molecule has 1 aliphatic heterocycles. The van der Waals surface area contributed by atoms with Crippen LogP contribution in [0.1, 0.15) is 23.6 Å². The van der Waals surface area contributed by atoms with Crippen LogP contribution in [0.3, 0.4) is 0 Å². The number of esters is 1. The second-order valence-electron chi connectivity index (χ2n) is 6.30. The summed E-state index contributed by atoms with van der Waals surface area (Å²) in [7, 11) is 1.33. The molecule has 3 rings (SSSR count). The smallest absolute Gasteiger partial charge is 0.340 e. The first-order valence-corrected chi connectivity index (χ1v) is 8.45. The number of methoxy groups -OCH3 is 1. The van der Waals surface area contributed by atoms with Gasteiger partial charge in [-0.2, -0.15) is 0 Å². The molecule has 0 unspecified atom stereocenters. The Bertz CT molecular complexity index is 910. The summed E-state index contributed by atoms with van der Waals surface area (Å²) in [5, 5.41) is 0. The van der Waals surface area contributed by atoms with E-state index in [0.717, 1.165) is 16.7 Å². The number of hydrogen-bond acceptors (Lipinski definition) is 3. The molecule has 1 heterocycles. The van der Waals surface area contributed by atoms with E-state index >= 15 is 0 Å². The number of rotatable bonds is 4. The fourth-order valence-electron chi connectivity index (χ4n) is 3.11. The predicted molar refractivity (Wildman–Crippen MR) is 101 cm³/mol. The first kappa shape index (κ1) is 17.7. The highest BCUT2D eigenvalue weighted by Crippen LogP contribution is 2.32. The Morgan fingerprint density at radius 2 is 1.81 bits per heavy atom. The molecule has 4 heteroatoms. The van der Waals surface area contributed by atoms with E-state index in [2.05, 4.69) is 0 Å². The lowest BCUT2D eigenvalue weighted by Gasteiger charge is -2.17. The van der Waals surface area contributed by atoms with Crippen molar-refractivity contribution in [2.24, 2.45) is 0 Å². The minimum Gasteiger partial charge on any atom is -0.465 e. The summed E-state index contributed by atoms with van der Waals surface area (Å²) in [6, 6.07) is 17.5. The molecule has 0 N–H and O–H groups in total. The van der Waals surface area contributed by atoms with Crippen molar-refractivity contribution in [1.29, 1.82) is 0 Å². The minimum atomic E-state index is -0.495. The van der Waals surface area contributed by atoms with Gasteiger partial charge in [0.05, 0.1) is 24.8 Å². The van der Waals surface area contributed by atoms with Gasteiger partial charge >= 0.3 is 5.97 Å². The number of allylic oxidation sites excluding steroid dienone is 1. The van der Waals surface area contributed by atoms with Crippen molar-refractivity contribution in [2.45, 2.75) is 20.4 Å². The van der Waals surface area contributed by atoms with Crippen molar-refractivity contribution in [3.8, 4) is 0 Å². The molecule has 0 aromatic heterocycles. The lowest BCUT2D eigenvalue weighted by Crippen LogP contribution is -2.24. The molecule has 0 fully saturated rings. The van der Waals surface area contributed by atoms with E-state index in [9.17, 15) is 9.59 Å². The van der Waals surface area contributed by atoms with Crippen LogP contribution in [0.2, 0.25) is 0 Å². The largest absolute Gasteiger partial charge is 0.465 e. The Kier molecular flexibility index (Phi) is 5.03. The molecule has 132 valence electrons. The first-order chi connectivity index (χ1) is 12.5. The molecule has 1 aliphatic rings. The minimum absolute atomic E-state index is 0.187. The standard InChI is InChI=1S/C22H21NO3/c1-15-8-7-11-18(12-15)13-19-20(22(25)26-3)16(2)23(21(19)24)14-17-9-5-4-6-10-17/h4-13H,14H2,1-3H3/b19-13-. The van der Waals surface area contributed by atoms with Crippen molar-refractivity contribution in [3.63, 3.8) is 0 Å². The van der Waals surface area contributed by atoms with E-state index in [1.807, 2.05) is 61.5 Å².